The SMILES string of the molecule is C=CCc1ccccc1COC[C@@H](O)C[NH+]1C[C@H](C)O[C@@H](C)C1. The van der Waals surface area contributed by atoms with Crippen LogP contribution in [0.1, 0.15) is 25.0 Å². The normalized spacial score (nSPS) is 26.0. The number of benzene rings is 1. The Bertz CT molecular complexity index is 481. The minimum absolute atomic E-state index is 0.257. The van der Waals surface area contributed by atoms with E-state index < -0.39 is 6.10 Å². The largest absolute Gasteiger partial charge is 0.385 e. The zero-order valence-corrected chi connectivity index (χ0v) is 14.3. The van der Waals surface area contributed by atoms with Gasteiger partial charge in [-0.15, -0.1) is 6.58 Å². The summed E-state index contributed by atoms with van der Waals surface area (Å²) in [6, 6.07) is 8.21. The number of aliphatic hydroxyl groups is 1. The van der Waals surface area contributed by atoms with E-state index in [1.54, 1.807) is 0 Å². The van der Waals surface area contributed by atoms with Gasteiger partial charge in [0.15, 0.2) is 0 Å². The number of rotatable bonds is 8. The number of aliphatic hydroxyl groups excluding tert-OH is 1. The Kier molecular flexibility index (Phi) is 7.24. The van der Waals surface area contributed by atoms with Crippen molar-refractivity contribution in [3.63, 3.8) is 0 Å². The Morgan fingerprint density at radius 3 is 2.61 bits per heavy atom. The van der Waals surface area contributed by atoms with Crippen molar-refractivity contribution >= 4 is 0 Å². The molecule has 1 aromatic rings. The number of allylic oxidation sites excluding steroid dienone is 1. The van der Waals surface area contributed by atoms with E-state index in [9.17, 15) is 5.11 Å². The molecule has 4 nitrogen and oxygen atoms in total. The molecule has 3 atom stereocenters. The van der Waals surface area contributed by atoms with Crippen molar-refractivity contribution in [3.8, 4) is 0 Å². The van der Waals surface area contributed by atoms with Gasteiger partial charge in [-0.1, -0.05) is 30.3 Å². The molecule has 1 aliphatic heterocycles. The van der Waals surface area contributed by atoms with Crippen LogP contribution in [0.15, 0.2) is 36.9 Å². The summed E-state index contributed by atoms with van der Waals surface area (Å²) >= 11 is 0. The maximum atomic E-state index is 10.2. The molecule has 0 radical (unpaired) electrons. The summed E-state index contributed by atoms with van der Waals surface area (Å²) in [4.78, 5) is 1.39. The van der Waals surface area contributed by atoms with Gasteiger partial charge < -0.3 is 19.5 Å². The maximum absolute atomic E-state index is 10.2. The third kappa shape index (κ3) is 6.07. The van der Waals surface area contributed by atoms with Gasteiger partial charge in [0.2, 0.25) is 0 Å². The summed E-state index contributed by atoms with van der Waals surface area (Å²) < 4.78 is 11.5. The second-order valence-corrected chi connectivity index (χ2v) is 6.55. The van der Waals surface area contributed by atoms with Gasteiger partial charge in [0, 0.05) is 0 Å². The van der Waals surface area contributed by atoms with E-state index in [4.69, 9.17) is 9.47 Å². The van der Waals surface area contributed by atoms with Gasteiger partial charge in [-0.3, -0.25) is 0 Å². The van der Waals surface area contributed by atoms with Crippen LogP contribution in [0.5, 0.6) is 0 Å². The molecule has 0 spiro atoms. The molecule has 0 amide bonds. The molecule has 1 aliphatic rings. The third-order valence-corrected chi connectivity index (χ3v) is 4.19. The molecule has 0 aliphatic carbocycles. The standard InChI is InChI=1S/C19H29NO3/c1-4-7-17-8-5-6-9-18(17)13-22-14-19(21)12-20-10-15(2)23-16(3)11-20/h4-6,8-9,15-16,19,21H,1,7,10-14H2,2-3H3/p+1/t15-,16-,19-/m0/s1. The van der Waals surface area contributed by atoms with Gasteiger partial charge in [-0.25, -0.2) is 0 Å². The third-order valence-electron chi connectivity index (χ3n) is 4.19. The number of quaternary nitrogens is 1. The Hall–Kier alpha value is -1.20. The van der Waals surface area contributed by atoms with E-state index in [2.05, 4.69) is 32.6 Å². The minimum atomic E-state index is -0.436. The number of hydrogen-bond acceptors (Lipinski definition) is 3. The van der Waals surface area contributed by atoms with Gasteiger partial charge in [-0.2, -0.15) is 0 Å². The highest BCUT2D eigenvalue weighted by molar-refractivity contribution is 5.28. The van der Waals surface area contributed by atoms with E-state index in [0.717, 1.165) is 19.5 Å². The van der Waals surface area contributed by atoms with Crippen molar-refractivity contribution < 1.29 is 19.5 Å². The lowest BCUT2D eigenvalue weighted by molar-refractivity contribution is -0.918. The smallest absolute Gasteiger partial charge is 0.126 e. The fourth-order valence-electron chi connectivity index (χ4n) is 3.31. The first kappa shape index (κ1) is 18.1. The molecule has 23 heavy (non-hydrogen) atoms. The van der Waals surface area contributed by atoms with Gasteiger partial charge in [-0.05, 0) is 31.4 Å². The summed E-state index contributed by atoms with van der Waals surface area (Å²) in [5.74, 6) is 0. The van der Waals surface area contributed by atoms with Crippen LogP contribution < -0.4 is 4.90 Å². The molecular weight excluding hydrogens is 290 g/mol. The van der Waals surface area contributed by atoms with Crippen molar-refractivity contribution in [2.75, 3.05) is 26.2 Å². The van der Waals surface area contributed by atoms with Crippen LogP contribution in [0.4, 0.5) is 0 Å². The fourth-order valence-corrected chi connectivity index (χ4v) is 3.31. The first-order valence-electron chi connectivity index (χ1n) is 8.51. The van der Waals surface area contributed by atoms with Gasteiger partial charge in [0.1, 0.15) is 37.9 Å². The van der Waals surface area contributed by atoms with Crippen molar-refractivity contribution in [1.29, 1.82) is 0 Å². The lowest BCUT2D eigenvalue weighted by Crippen LogP contribution is -3.16. The molecule has 2 N–H and O–H groups in total. The molecule has 0 bridgehead atoms. The molecule has 1 saturated heterocycles. The van der Waals surface area contributed by atoms with Gasteiger partial charge in [0.05, 0.1) is 13.2 Å². The Morgan fingerprint density at radius 1 is 1.30 bits per heavy atom. The average molecular weight is 320 g/mol. The van der Waals surface area contributed by atoms with Crippen LogP contribution >= 0.6 is 0 Å². The second kappa shape index (κ2) is 9.18. The highest BCUT2D eigenvalue weighted by Crippen LogP contribution is 2.11. The molecular formula is C19H30NO3+. The van der Waals surface area contributed by atoms with E-state index >= 15 is 0 Å². The molecule has 0 aromatic heterocycles. The summed E-state index contributed by atoms with van der Waals surface area (Å²) in [5.41, 5.74) is 2.40. The summed E-state index contributed by atoms with van der Waals surface area (Å²) in [6.45, 7) is 11.5. The summed E-state index contributed by atoms with van der Waals surface area (Å²) in [6.07, 6.45) is 2.82. The first-order valence-corrected chi connectivity index (χ1v) is 8.51. The zero-order valence-electron chi connectivity index (χ0n) is 14.3. The quantitative estimate of drug-likeness (QED) is 0.702. The zero-order chi connectivity index (χ0) is 16.7. The highest BCUT2D eigenvalue weighted by Gasteiger charge is 2.27. The van der Waals surface area contributed by atoms with Crippen molar-refractivity contribution in [2.45, 2.75) is 45.2 Å². The lowest BCUT2D eigenvalue weighted by Gasteiger charge is -2.33. The number of ether oxygens (including phenoxy) is 2. The van der Waals surface area contributed by atoms with Crippen molar-refractivity contribution in [2.24, 2.45) is 0 Å². The van der Waals surface area contributed by atoms with Crippen molar-refractivity contribution in [1.82, 2.24) is 0 Å². The number of morpholine rings is 1. The Balaban J connectivity index is 1.74. The van der Waals surface area contributed by atoms with Crippen LogP contribution in [0.25, 0.3) is 0 Å². The van der Waals surface area contributed by atoms with Gasteiger partial charge >= 0.3 is 0 Å². The van der Waals surface area contributed by atoms with Crippen LogP contribution in [0, 0.1) is 0 Å². The van der Waals surface area contributed by atoms with Crippen LogP contribution in [0.2, 0.25) is 0 Å². The lowest BCUT2D eigenvalue weighted by atomic mass is 10.1. The molecule has 4 heteroatoms. The van der Waals surface area contributed by atoms with Gasteiger partial charge in [0.25, 0.3) is 0 Å². The van der Waals surface area contributed by atoms with Crippen molar-refractivity contribution in [3.05, 3.63) is 48.0 Å². The molecule has 128 valence electrons. The van der Waals surface area contributed by atoms with E-state index in [-0.39, 0.29) is 12.2 Å². The molecule has 2 rings (SSSR count). The molecule has 0 unspecified atom stereocenters. The van der Waals surface area contributed by atoms with Crippen LogP contribution in [0.3, 0.4) is 0 Å². The minimum Gasteiger partial charge on any atom is -0.385 e. The van der Waals surface area contributed by atoms with E-state index in [1.165, 1.54) is 16.0 Å². The molecule has 1 aromatic carbocycles. The van der Waals surface area contributed by atoms with E-state index in [0.29, 0.717) is 19.8 Å². The molecule has 1 heterocycles. The van der Waals surface area contributed by atoms with E-state index in [1.807, 2.05) is 18.2 Å². The number of hydrogen-bond donors (Lipinski definition) is 2. The fraction of sp³-hybridized carbons (Fsp3) is 0.579. The molecule has 0 saturated carbocycles. The average Bonchev–Trinajstić information content (AvgIpc) is 2.48. The monoisotopic (exact) mass is 320 g/mol. The summed E-state index contributed by atoms with van der Waals surface area (Å²) in [7, 11) is 0. The Labute approximate surface area is 139 Å². The predicted octanol–water partition coefficient (Wildman–Crippen LogP) is 0.985. The van der Waals surface area contributed by atoms with Crippen LogP contribution in [-0.2, 0) is 22.5 Å². The summed E-state index contributed by atoms with van der Waals surface area (Å²) in [5, 5.41) is 10.2. The predicted molar refractivity (Wildman–Crippen MR) is 91.6 cm³/mol. The Morgan fingerprint density at radius 2 is 1.96 bits per heavy atom. The highest BCUT2D eigenvalue weighted by atomic mass is 16.5. The molecule has 1 fully saturated rings. The topological polar surface area (TPSA) is 43.1 Å². The first-order chi connectivity index (χ1) is 11.1. The number of nitrogens with one attached hydrogen (secondary N) is 1. The van der Waals surface area contributed by atoms with Crippen LogP contribution in [-0.4, -0.2) is 49.7 Å². The second-order valence-electron chi connectivity index (χ2n) is 6.55. The maximum Gasteiger partial charge on any atom is 0.126 e.